The maximum absolute atomic E-state index is 13.8. The minimum Gasteiger partial charge on any atom is -0.493 e. The lowest BCUT2D eigenvalue weighted by Crippen LogP contribution is -2.64. The molecule has 0 atom stereocenters. The minimum absolute atomic E-state index is 0.0103. The predicted octanol–water partition coefficient (Wildman–Crippen LogP) is 3.21. The molecule has 1 heterocycles. The summed E-state index contributed by atoms with van der Waals surface area (Å²) in [7, 11) is -3.88. The quantitative estimate of drug-likeness (QED) is 0.648. The summed E-state index contributed by atoms with van der Waals surface area (Å²) in [6, 6.07) is 9.69. The third kappa shape index (κ3) is 5.10. The molecule has 3 rings (SSSR count). The fraction of sp³-hybridized carbons (Fsp3) is 0.300. The second kappa shape index (κ2) is 9.01. The molecule has 1 aliphatic heterocycles. The van der Waals surface area contributed by atoms with Gasteiger partial charge in [0.05, 0.1) is 17.2 Å². The Morgan fingerprint density at radius 2 is 2.00 bits per heavy atom. The molecule has 1 aliphatic rings. The molecule has 11 heteroatoms. The third-order valence-electron chi connectivity index (χ3n) is 4.85. The molecular formula is C20H18Cl2FN3O4S. The molecule has 0 radical (unpaired) electrons. The van der Waals surface area contributed by atoms with Crippen LogP contribution in [0.1, 0.15) is 12.5 Å². The number of carbonyl (C=O) groups excluding carboxylic acids is 1. The topological polar surface area (TPSA) is 99.5 Å². The van der Waals surface area contributed by atoms with Crippen molar-refractivity contribution in [1.82, 2.24) is 9.62 Å². The lowest BCUT2D eigenvalue weighted by atomic mass is 9.82. The number of sulfonamides is 1. The molecule has 0 aromatic heterocycles. The zero-order valence-corrected chi connectivity index (χ0v) is 18.7. The van der Waals surface area contributed by atoms with Gasteiger partial charge in [-0.1, -0.05) is 23.2 Å². The number of halogens is 3. The van der Waals surface area contributed by atoms with Gasteiger partial charge in [0.25, 0.3) is 0 Å². The number of carbonyl (C=O) groups is 1. The molecule has 1 fully saturated rings. The van der Waals surface area contributed by atoms with Crippen LogP contribution in [0, 0.1) is 22.6 Å². The van der Waals surface area contributed by atoms with Crippen LogP contribution in [0.2, 0.25) is 10.0 Å². The average molecular weight is 486 g/mol. The van der Waals surface area contributed by atoms with Crippen LogP contribution in [0.15, 0.2) is 41.3 Å². The number of nitrogens with one attached hydrogen (secondary N) is 1. The van der Waals surface area contributed by atoms with E-state index in [-0.39, 0.29) is 53.4 Å². The summed E-state index contributed by atoms with van der Waals surface area (Å²) in [5, 5.41) is 11.8. The summed E-state index contributed by atoms with van der Waals surface area (Å²) in [6.45, 7) is 1.67. The number of rotatable bonds is 7. The molecule has 7 nitrogen and oxygen atoms in total. The van der Waals surface area contributed by atoms with Gasteiger partial charge in [-0.15, -0.1) is 0 Å². The molecule has 2 aromatic carbocycles. The van der Waals surface area contributed by atoms with E-state index in [0.29, 0.717) is 5.02 Å². The van der Waals surface area contributed by atoms with Gasteiger partial charge in [-0.25, -0.2) is 12.8 Å². The Morgan fingerprint density at radius 3 is 2.58 bits per heavy atom. The summed E-state index contributed by atoms with van der Waals surface area (Å²) in [4.78, 5) is 11.3. The molecule has 0 unspecified atom stereocenters. The van der Waals surface area contributed by atoms with E-state index in [1.807, 2.05) is 0 Å². The second-order valence-electron chi connectivity index (χ2n) is 7.30. The zero-order chi connectivity index (χ0) is 22.8. The maximum Gasteiger partial charge on any atom is 0.244 e. The van der Waals surface area contributed by atoms with Crippen LogP contribution in [0.25, 0.3) is 0 Å². The van der Waals surface area contributed by atoms with Gasteiger partial charge in [-0.3, -0.25) is 4.79 Å². The number of nitriles is 1. The summed E-state index contributed by atoms with van der Waals surface area (Å²) >= 11 is 11.9. The van der Waals surface area contributed by atoms with Crippen molar-refractivity contribution in [2.45, 2.75) is 11.8 Å². The van der Waals surface area contributed by atoms with E-state index in [4.69, 9.17) is 33.2 Å². The van der Waals surface area contributed by atoms with Crippen LogP contribution < -0.4 is 10.1 Å². The van der Waals surface area contributed by atoms with E-state index < -0.39 is 21.3 Å². The van der Waals surface area contributed by atoms with E-state index in [1.165, 1.54) is 41.6 Å². The van der Waals surface area contributed by atoms with Crippen LogP contribution in [-0.4, -0.2) is 44.9 Å². The largest absolute Gasteiger partial charge is 0.493 e. The molecule has 31 heavy (non-hydrogen) atoms. The van der Waals surface area contributed by atoms with Crippen molar-refractivity contribution < 1.29 is 22.3 Å². The SMILES string of the molecule is CC(=O)NCC1(COc2ccc(C#N)c(F)c2)CN(S(=O)(=O)c2ccc(Cl)cc2Cl)C1. The Kier molecular flexibility index (Phi) is 6.76. The molecule has 1 N–H and O–H groups in total. The number of nitrogens with zero attached hydrogens (tertiary/aromatic N) is 2. The number of benzene rings is 2. The first-order valence-electron chi connectivity index (χ1n) is 9.08. The Labute approximate surface area is 189 Å². The fourth-order valence-corrected chi connectivity index (χ4v) is 5.59. The number of hydrogen-bond donors (Lipinski definition) is 1. The normalized spacial score (nSPS) is 15.6. The molecule has 164 valence electrons. The van der Waals surface area contributed by atoms with Crippen molar-refractivity contribution in [2.24, 2.45) is 5.41 Å². The fourth-order valence-electron chi connectivity index (χ4n) is 3.17. The smallest absolute Gasteiger partial charge is 0.244 e. The molecule has 1 amide bonds. The van der Waals surface area contributed by atoms with Crippen LogP contribution >= 0.6 is 23.2 Å². The Morgan fingerprint density at radius 1 is 1.29 bits per heavy atom. The van der Waals surface area contributed by atoms with E-state index in [9.17, 15) is 17.6 Å². The van der Waals surface area contributed by atoms with Crippen LogP contribution in [0.4, 0.5) is 4.39 Å². The number of amides is 1. The molecule has 0 aliphatic carbocycles. The predicted molar refractivity (Wildman–Crippen MR) is 113 cm³/mol. The van der Waals surface area contributed by atoms with E-state index in [1.54, 1.807) is 6.07 Å². The molecule has 0 spiro atoms. The van der Waals surface area contributed by atoms with Crippen molar-refractivity contribution in [3.63, 3.8) is 0 Å². The lowest BCUT2D eigenvalue weighted by Gasteiger charge is -2.48. The van der Waals surface area contributed by atoms with E-state index in [0.717, 1.165) is 6.07 Å². The standard InChI is InChI=1S/C20H18Cl2FN3O4S/c1-13(27)25-9-20(12-30-16-4-2-14(8-24)18(23)7-16)10-26(11-20)31(28,29)19-5-3-15(21)6-17(19)22/h2-7H,9-12H2,1H3,(H,25,27). The summed E-state index contributed by atoms with van der Waals surface area (Å²) in [5.74, 6) is -0.794. The van der Waals surface area contributed by atoms with Gasteiger partial charge in [0.15, 0.2) is 0 Å². The number of hydrogen-bond acceptors (Lipinski definition) is 5. The first-order valence-corrected chi connectivity index (χ1v) is 11.3. The monoisotopic (exact) mass is 485 g/mol. The highest BCUT2D eigenvalue weighted by Crippen LogP contribution is 2.37. The third-order valence-corrected chi connectivity index (χ3v) is 7.36. The van der Waals surface area contributed by atoms with Crippen molar-refractivity contribution in [3.05, 3.63) is 57.8 Å². The first kappa shape index (κ1) is 23.3. The van der Waals surface area contributed by atoms with Gasteiger partial charge in [0.1, 0.15) is 22.5 Å². The Balaban J connectivity index is 1.76. The Hall–Kier alpha value is -2.38. The molecule has 2 aromatic rings. The van der Waals surface area contributed by atoms with Gasteiger partial charge in [-0.2, -0.15) is 9.57 Å². The van der Waals surface area contributed by atoms with Gasteiger partial charge in [-0.05, 0) is 30.3 Å². The molecule has 0 saturated carbocycles. The van der Waals surface area contributed by atoms with Crippen LogP contribution in [0.5, 0.6) is 5.75 Å². The first-order chi connectivity index (χ1) is 14.6. The van der Waals surface area contributed by atoms with E-state index >= 15 is 0 Å². The van der Waals surface area contributed by atoms with Crippen LogP contribution in [-0.2, 0) is 14.8 Å². The van der Waals surface area contributed by atoms with Gasteiger partial charge < -0.3 is 10.1 Å². The van der Waals surface area contributed by atoms with Crippen LogP contribution in [0.3, 0.4) is 0 Å². The summed E-state index contributed by atoms with van der Waals surface area (Å²) < 4.78 is 46.6. The van der Waals surface area contributed by atoms with E-state index in [2.05, 4.69) is 5.32 Å². The second-order valence-corrected chi connectivity index (χ2v) is 10.0. The maximum atomic E-state index is 13.8. The van der Waals surface area contributed by atoms with Crippen molar-refractivity contribution >= 4 is 39.1 Å². The lowest BCUT2D eigenvalue weighted by molar-refractivity contribution is -0.120. The van der Waals surface area contributed by atoms with Crippen molar-refractivity contribution in [1.29, 1.82) is 5.26 Å². The summed E-state index contributed by atoms with van der Waals surface area (Å²) in [6.07, 6.45) is 0. The zero-order valence-electron chi connectivity index (χ0n) is 16.4. The number of ether oxygens (including phenoxy) is 1. The molecule has 0 bridgehead atoms. The highest BCUT2D eigenvalue weighted by Gasteiger charge is 2.49. The summed E-state index contributed by atoms with van der Waals surface area (Å²) in [5.41, 5.74) is -0.830. The van der Waals surface area contributed by atoms with Gasteiger partial charge in [0, 0.05) is 43.1 Å². The van der Waals surface area contributed by atoms with Crippen molar-refractivity contribution in [2.75, 3.05) is 26.2 Å². The van der Waals surface area contributed by atoms with Crippen molar-refractivity contribution in [3.8, 4) is 11.8 Å². The average Bonchev–Trinajstić information content (AvgIpc) is 2.66. The minimum atomic E-state index is -3.88. The van der Waals surface area contributed by atoms with Gasteiger partial charge >= 0.3 is 0 Å². The molecule has 1 saturated heterocycles. The molecular weight excluding hydrogens is 468 g/mol. The highest BCUT2D eigenvalue weighted by atomic mass is 35.5. The highest BCUT2D eigenvalue weighted by molar-refractivity contribution is 7.89. The van der Waals surface area contributed by atoms with Gasteiger partial charge in [0.2, 0.25) is 15.9 Å². The Bertz CT molecular complexity index is 1160.